The lowest BCUT2D eigenvalue weighted by Gasteiger charge is -2.22. The quantitative estimate of drug-likeness (QED) is 0.818. The first-order valence-corrected chi connectivity index (χ1v) is 8.75. The highest BCUT2D eigenvalue weighted by molar-refractivity contribution is 7.99. The van der Waals surface area contributed by atoms with Crippen LogP contribution in [0.2, 0.25) is 0 Å². The van der Waals surface area contributed by atoms with E-state index in [1.807, 2.05) is 0 Å². The van der Waals surface area contributed by atoms with Crippen LogP contribution in [-0.2, 0) is 4.79 Å². The molecule has 1 saturated carbocycles. The molecule has 2 N–H and O–H groups in total. The van der Waals surface area contributed by atoms with E-state index in [2.05, 4.69) is 15.5 Å². The molecule has 0 unspecified atom stereocenters. The summed E-state index contributed by atoms with van der Waals surface area (Å²) < 4.78 is 5.49. The van der Waals surface area contributed by atoms with Crippen LogP contribution < -0.4 is 5.32 Å². The lowest BCUT2D eigenvalue weighted by Crippen LogP contribution is -2.37. The number of phenolic OH excluding ortho intramolecular Hbond substituents is 1. The standard InChI is InChI=1S/C16H19N3O3S/c20-13-9-5-4-8-12(13)15-18-19-16(22-15)23-10-14(21)17-11-6-2-1-3-7-11/h4-5,8-9,11,20H,1-3,6-7,10H2,(H,17,21). The molecule has 3 rings (SSSR count). The third-order valence-electron chi connectivity index (χ3n) is 3.84. The van der Waals surface area contributed by atoms with Crippen molar-refractivity contribution in [1.82, 2.24) is 15.5 Å². The number of para-hydroxylation sites is 1. The van der Waals surface area contributed by atoms with Gasteiger partial charge in [0.25, 0.3) is 11.1 Å². The molecule has 0 bridgehead atoms. The predicted octanol–water partition coefficient (Wildman–Crippen LogP) is 2.98. The van der Waals surface area contributed by atoms with E-state index in [-0.39, 0.29) is 23.3 Å². The van der Waals surface area contributed by atoms with E-state index in [1.165, 1.54) is 31.0 Å². The van der Waals surface area contributed by atoms with Gasteiger partial charge in [0.05, 0.1) is 11.3 Å². The Morgan fingerprint density at radius 1 is 1.26 bits per heavy atom. The van der Waals surface area contributed by atoms with E-state index in [1.54, 1.807) is 24.3 Å². The van der Waals surface area contributed by atoms with E-state index in [9.17, 15) is 9.90 Å². The number of hydrogen-bond acceptors (Lipinski definition) is 6. The summed E-state index contributed by atoms with van der Waals surface area (Å²) in [6.45, 7) is 0. The van der Waals surface area contributed by atoms with Gasteiger partial charge in [-0.1, -0.05) is 43.2 Å². The highest BCUT2D eigenvalue weighted by atomic mass is 32.2. The van der Waals surface area contributed by atoms with Gasteiger partial charge in [-0.2, -0.15) is 0 Å². The van der Waals surface area contributed by atoms with Gasteiger partial charge in [-0.05, 0) is 25.0 Å². The van der Waals surface area contributed by atoms with E-state index in [0.29, 0.717) is 16.8 Å². The molecule has 6 nitrogen and oxygen atoms in total. The second kappa shape index (κ2) is 7.50. The molecule has 1 heterocycles. The smallest absolute Gasteiger partial charge is 0.277 e. The number of aromatic nitrogens is 2. The van der Waals surface area contributed by atoms with Gasteiger partial charge >= 0.3 is 0 Å². The van der Waals surface area contributed by atoms with Crippen LogP contribution in [0.25, 0.3) is 11.5 Å². The number of amides is 1. The topological polar surface area (TPSA) is 88.2 Å². The minimum atomic E-state index is -0.00999. The number of phenols is 1. The molecule has 1 aliphatic carbocycles. The van der Waals surface area contributed by atoms with Crippen molar-refractivity contribution in [1.29, 1.82) is 0 Å². The van der Waals surface area contributed by atoms with Crippen LogP contribution in [0.5, 0.6) is 5.75 Å². The van der Waals surface area contributed by atoms with Crippen LogP contribution in [0, 0.1) is 0 Å². The van der Waals surface area contributed by atoms with Crippen LogP contribution >= 0.6 is 11.8 Å². The third-order valence-corrected chi connectivity index (χ3v) is 4.66. The van der Waals surface area contributed by atoms with Crippen LogP contribution in [0.15, 0.2) is 33.9 Å². The summed E-state index contributed by atoms with van der Waals surface area (Å²) in [4.78, 5) is 12.0. The van der Waals surface area contributed by atoms with Gasteiger partial charge < -0.3 is 14.8 Å². The second-order valence-electron chi connectivity index (χ2n) is 5.58. The van der Waals surface area contributed by atoms with Crippen molar-refractivity contribution >= 4 is 17.7 Å². The highest BCUT2D eigenvalue weighted by Crippen LogP contribution is 2.29. The van der Waals surface area contributed by atoms with Crippen molar-refractivity contribution in [3.05, 3.63) is 24.3 Å². The number of nitrogens with one attached hydrogen (secondary N) is 1. The number of carbonyl (C=O) groups excluding carboxylic acids is 1. The zero-order valence-corrected chi connectivity index (χ0v) is 13.5. The van der Waals surface area contributed by atoms with Crippen molar-refractivity contribution < 1.29 is 14.3 Å². The molecular formula is C16H19N3O3S. The largest absolute Gasteiger partial charge is 0.507 e. The minimum absolute atomic E-state index is 0.00999. The summed E-state index contributed by atoms with van der Waals surface area (Å²) in [6, 6.07) is 7.07. The lowest BCUT2D eigenvalue weighted by molar-refractivity contribution is -0.119. The van der Waals surface area contributed by atoms with Crippen LogP contribution in [-0.4, -0.2) is 33.0 Å². The Hall–Kier alpha value is -2.02. The summed E-state index contributed by atoms with van der Waals surface area (Å²) in [7, 11) is 0. The molecule has 1 amide bonds. The van der Waals surface area contributed by atoms with E-state index in [0.717, 1.165) is 12.8 Å². The van der Waals surface area contributed by atoms with Gasteiger partial charge in [0.2, 0.25) is 5.91 Å². The molecular weight excluding hydrogens is 314 g/mol. The van der Waals surface area contributed by atoms with Crippen LogP contribution in [0.3, 0.4) is 0 Å². The fourth-order valence-corrected chi connectivity index (χ4v) is 3.25. The molecule has 1 fully saturated rings. The Kier molecular flexibility index (Phi) is 5.17. The summed E-state index contributed by atoms with van der Waals surface area (Å²) in [5.74, 6) is 0.573. The number of carbonyl (C=O) groups is 1. The molecule has 122 valence electrons. The van der Waals surface area contributed by atoms with Gasteiger partial charge in [-0.15, -0.1) is 10.2 Å². The second-order valence-corrected chi connectivity index (χ2v) is 6.51. The molecule has 0 radical (unpaired) electrons. The third kappa shape index (κ3) is 4.25. The maximum atomic E-state index is 12.0. The first kappa shape index (κ1) is 15.9. The van der Waals surface area contributed by atoms with Gasteiger partial charge in [-0.25, -0.2) is 0 Å². The Balaban J connectivity index is 1.53. The molecule has 2 aromatic rings. The van der Waals surface area contributed by atoms with Crippen molar-refractivity contribution in [2.24, 2.45) is 0 Å². The molecule has 1 aliphatic rings. The molecule has 0 aliphatic heterocycles. The first-order chi connectivity index (χ1) is 11.2. The number of hydrogen-bond donors (Lipinski definition) is 2. The Morgan fingerprint density at radius 3 is 2.83 bits per heavy atom. The van der Waals surface area contributed by atoms with E-state index in [4.69, 9.17) is 4.42 Å². The molecule has 7 heteroatoms. The van der Waals surface area contributed by atoms with Gasteiger partial charge in [-0.3, -0.25) is 4.79 Å². The average molecular weight is 333 g/mol. The zero-order valence-electron chi connectivity index (χ0n) is 12.7. The maximum Gasteiger partial charge on any atom is 0.277 e. The fourth-order valence-electron chi connectivity index (χ4n) is 2.67. The van der Waals surface area contributed by atoms with E-state index < -0.39 is 0 Å². The maximum absolute atomic E-state index is 12.0. The Labute approximate surface area is 138 Å². The van der Waals surface area contributed by atoms with Crippen LogP contribution in [0.4, 0.5) is 0 Å². The molecule has 0 spiro atoms. The number of rotatable bonds is 5. The summed E-state index contributed by atoms with van der Waals surface area (Å²) in [5, 5.41) is 21.0. The number of aromatic hydroxyl groups is 1. The Morgan fingerprint density at radius 2 is 2.04 bits per heavy atom. The highest BCUT2D eigenvalue weighted by Gasteiger charge is 2.17. The van der Waals surface area contributed by atoms with Crippen LogP contribution in [0.1, 0.15) is 32.1 Å². The monoisotopic (exact) mass is 333 g/mol. The van der Waals surface area contributed by atoms with Gasteiger partial charge in [0.15, 0.2) is 0 Å². The van der Waals surface area contributed by atoms with Crippen molar-refractivity contribution in [3.63, 3.8) is 0 Å². The lowest BCUT2D eigenvalue weighted by atomic mass is 9.95. The zero-order chi connectivity index (χ0) is 16.1. The summed E-state index contributed by atoms with van der Waals surface area (Å²) >= 11 is 1.20. The SMILES string of the molecule is O=C(CSc1nnc(-c2ccccc2O)o1)NC1CCCCC1. The first-order valence-electron chi connectivity index (χ1n) is 7.76. The molecule has 0 atom stereocenters. The van der Waals surface area contributed by atoms with Crippen molar-refractivity contribution in [3.8, 4) is 17.2 Å². The van der Waals surface area contributed by atoms with Gasteiger partial charge in [0, 0.05) is 6.04 Å². The van der Waals surface area contributed by atoms with E-state index >= 15 is 0 Å². The normalized spacial score (nSPS) is 15.5. The van der Waals surface area contributed by atoms with Gasteiger partial charge in [0.1, 0.15) is 5.75 Å². The average Bonchev–Trinajstić information content (AvgIpc) is 3.03. The molecule has 1 aromatic heterocycles. The molecule has 0 saturated heterocycles. The fraction of sp³-hybridized carbons (Fsp3) is 0.438. The summed E-state index contributed by atoms with van der Waals surface area (Å²) in [5.41, 5.74) is 0.485. The summed E-state index contributed by atoms with van der Waals surface area (Å²) in [6.07, 6.45) is 5.76. The van der Waals surface area contributed by atoms with Crippen molar-refractivity contribution in [2.75, 3.05) is 5.75 Å². The number of nitrogens with zero attached hydrogens (tertiary/aromatic N) is 2. The molecule has 23 heavy (non-hydrogen) atoms. The van der Waals surface area contributed by atoms with Crippen molar-refractivity contribution in [2.45, 2.75) is 43.4 Å². The number of benzene rings is 1. The molecule has 1 aromatic carbocycles. The predicted molar refractivity (Wildman–Crippen MR) is 87.1 cm³/mol. The number of thioether (sulfide) groups is 1. The minimum Gasteiger partial charge on any atom is -0.507 e. The Bertz CT molecular complexity index is 668.